The Bertz CT molecular complexity index is 314. The summed E-state index contributed by atoms with van der Waals surface area (Å²) in [7, 11) is 0. The van der Waals surface area contributed by atoms with Crippen LogP contribution in [0.2, 0.25) is 0 Å². The van der Waals surface area contributed by atoms with Crippen LogP contribution in [-0.2, 0) is 14.3 Å². The van der Waals surface area contributed by atoms with Crippen molar-refractivity contribution in [3.63, 3.8) is 0 Å². The van der Waals surface area contributed by atoms with Crippen molar-refractivity contribution >= 4 is 11.8 Å². The Morgan fingerprint density at radius 1 is 1.32 bits per heavy atom. The maximum Gasteiger partial charge on any atom is 0.239 e. The SMILES string of the molecule is CCNC(=O)CN(CC)C(=O)C1(CN)CCOCC1. The molecule has 0 unspecified atom stereocenters. The summed E-state index contributed by atoms with van der Waals surface area (Å²) in [5, 5.41) is 2.71. The molecule has 0 atom stereocenters. The van der Waals surface area contributed by atoms with Gasteiger partial charge >= 0.3 is 0 Å². The highest BCUT2D eigenvalue weighted by Gasteiger charge is 2.41. The molecule has 1 rings (SSSR count). The van der Waals surface area contributed by atoms with Gasteiger partial charge in [-0.25, -0.2) is 0 Å². The molecule has 19 heavy (non-hydrogen) atoms. The molecule has 0 aliphatic carbocycles. The van der Waals surface area contributed by atoms with Crippen LogP contribution in [0.1, 0.15) is 26.7 Å². The molecule has 1 fully saturated rings. The lowest BCUT2D eigenvalue weighted by Gasteiger charge is -2.38. The quantitative estimate of drug-likeness (QED) is 0.696. The van der Waals surface area contributed by atoms with Crippen molar-refractivity contribution in [2.75, 3.05) is 39.4 Å². The number of hydrogen-bond acceptors (Lipinski definition) is 4. The van der Waals surface area contributed by atoms with Crippen molar-refractivity contribution in [2.24, 2.45) is 11.1 Å². The molecule has 0 aromatic rings. The smallest absolute Gasteiger partial charge is 0.239 e. The van der Waals surface area contributed by atoms with E-state index in [9.17, 15) is 9.59 Å². The fraction of sp³-hybridized carbons (Fsp3) is 0.846. The van der Waals surface area contributed by atoms with Crippen LogP contribution in [0.3, 0.4) is 0 Å². The van der Waals surface area contributed by atoms with E-state index in [1.807, 2.05) is 13.8 Å². The predicted octanol–water partition coefficient (Wildman–Crippen LogP) is -0.273. The van der Waals surface area contributed by atoms with Crippen molar-refractivity contribution in [3.8, 4) is 0 Å². The van der Waals surface area contributed by atoms with E-state index in [1.54, 1.807) is 4.90 Å². The first-order valence-electron chi connectivity index (χ1n) is 6.93. The number of nitrogens with one attached hydrogen (secondary N) is 1. The van der Waals surface area contributed by atoms with E-state index in [2.05, 4.69) is 5.32 Å². The van der Waals surface area contributed by atoms with E-state index < -0.39 is 5.41 Å². The Hall–Kier alpha value is -1.14. The highest BCUT2D eigenvalue weighted by atomic mass is 16.5. The van der Waals surface area contributed by atoms with Gasteiger partial charge in [0, 0.05) is 32.8 Å². The van der Waals surface area contributed by atoms with Crippen LogP contribution in [0.5, 0.6) is 0 Å². The summed E-state index contributed by atoms with van der Waals surface area (Å²) in [6.45, 7) is 6.34. The highest BCUT2D eigenvalue weighted by molar-refractivity contribution is 5.88. The molecule has 110 valence electrons. The fourth-order valence-corrected chi connectivity index (χ4v) is 2.36. The molecule has 2 amide bonds. The third-order valence-corrected chi connectivity index (χ3v) is 3.67. The summed E-state index contributed by atoms with van der Waals surface area (Å²) in [6.07, 6.45) is 1.27. The molecule has 1 heterocycles. The van der Waals surface area contributed by atoms with Crippen LogP contribution in [0, 0.1) is 5.41 Å². The summed E-state index contributed by atoms with van der Waals surface area (Å²) in [6, 6.07) is 0. The number of hydrogen-bond donors (Lipinski definition) is 2. The minimum atomic E-state index is -0.555. The monoisotopic (exact) mass is 271 g/mol. The van der Waals surface area contributed by atoms with Crippen molar-refractivity contribution in [1.82, 2.24) is 10.2 Å². The molecule has 0 aromatic carbocycles. The van der Waals surface area contributed by atoms with Gasteiger partial charge in [0.2, 0.25) is 11.8 Å². The molecular formula is C13H25N3O3. The van der Waals surface area contributed by atoms with Gasteiger partial charge in [-0.3, -0.25) is 9.59 Å². The lowest BCUT2D eigenvalue weighted by molar-refractivity contribution is -0.149. The van der Waals surface area contributed by atoms with Crippen LogP contribution in [0.25, 0.3) is 0 Å². The van der Waals surface area contributed by atoms with Gasteiger partial charge in [0.25, 0.3) is 0 Å². The number of likely N-dealkylation sites (N-methyl/N-ethyl adjacent to an activating group) is 2. The zero-order valence-electron chi connectivity index (χ0n) is 11.9. The molecule has 0 bridgehead atoms. The standard InChI is InChI=1S/C13H25N3O3/c1-3-15-11(17)9-16(4-2)12(18)13(10-14)5-7-19-8-6-13/h3-10,14H2,1-2H3,(H,15,17). The Kier molecular flexibility index (Phi) is 6.24. The highest BCUT2D eigenvalue weighted by Crippen LogP contribution is 2.31. The molecule has 6 heteroatoms. The third-order valence-electron chi connectivity index (χ3n) is 3.67. The molecular weight excluding hydrogens is 246 g/mol. The summed E-state index contributed by atoms with van der Waals surface area (Å²) >= 11 is 0. The molecule has 1 saturated heterocycles. The van der Waals surface area contributed by atoms with Gasteiger partial charge in [0.1, 0.15) is 0 Å². The Balaban J connectivity index is 2.72. The van der Waals surface area contributed by atoms with Gasteiger partial charge in [-0.15, -0.1) is 0 Å². The molecule has 0 aromatic heterocycles. The largest absolute Gasteiger partial charge is 0.381 e. The first-order chi connectivity index (χ1) is 9.09. The minimum Gasteiger partial charge on any atom is -0.381 e. The van der Waals surface area contributed by atoms with Gasteiger partial charge < -0.3 is 20.7 Å². The maximum absolute atomic E-state index is 12.6. The van der Waals surface area contributed by atoms with Crippen molar-refractivity contribution in [2.45, 2.75) is 26.7 Å². The predicted molar refractivity (Wildman–Crippen MR) is 72.5 cm³/mol. The Morgan fingerprint density at radius 3 is 2.42 bits per heavy atom. The number of ether oxygens (including phenoxy) is 1. The molecule has 6 nitrogen and oxygen atoms in total. The van der Waals surface area contributed by atoms with Gasteiger partial charge in [-0.05, 0) is 26.7 Å². The second kappa shape index (κ2) is 7.45. The van der Waals surface area contributed by atoms with Gasteiger partial charge in [-0.2, -0.15) is 0 Å². The zero-order valence-corrected chi connectivity index (χ0v) is 11.9. The van der Waals surface area contributed by atoms with Crippen LogP contribution < -0.4 is 11.1 Å². The second-order valence-electron chi connectivity index (χ2n) is 4.87. The van der Waals surface area contributed by atoms with Gasteiger partial charge in [-0.1, -0.05) is 0 Å². The number of carbonyl (C=O) groups is 2. The van der Waals surface area contributed by atoms with Crippen LogP contribution >= 0.6 is 0 Å². The number of nitrogens with two attached hydrogens (primary N) is 1. The first kappa shape index (κ1) is 15.9. The Labute approximate surface area is 114 Å². The van der Waals surface area contributed by atoms with Crippen molar-refractivity contribution in [3.05, 3.63) is 0 Å². The topological polar surface area (TPSA) is 84.7 Å². The van der Waals surface area contributed by atoms with Crippen LogP contribution in [-0.4, -0.2) is 56.1 Å². The summed E-state index contributed by atoms with van der Waals surface area (Å²) in [4.78, 5) is 25.9. The first-order valence-corrected chi connectivity index (χ1v) is 6.93. The van der Waals surface area contributed by atoms with Crippen molar-refractivity contribution in [1.29, 1.82) is 0 Å². The van der Waals surface area contributed by atoms with E-state index in [1.165, 1.54) is 0 Å². The summed E-state index contributed by atoms with van der Waals surface area (Å²) < 4.78 is 5.30. The van der Waals surface area contributed by atoms with E-state index in [0.29, 0.717) is 45.7 Å². The summed E-state index contributed by atoms with van der Waals surface area (Å²) in [5.74, 6) is -0.149. The van der Waals surface area contributed by atoms with E-state index in [0.717, 1.165) is 0 Å². The number of amides is 2. The van der Waals surface area contributed by atoms with E-state index in [-0.39, 0.29) is 18.4 Å². The normalized spacial score (nSPS) is 17.8. The molecule has 0 saturated carbocycles. The second-order valence-corrected chi connectivity index (χ2v) is 4.87. The zero-order chi connectivity index (χ0) is 14.3. The molecule has 0 radical (unpaired) electrons. The third kappa shape index (κ3) is 3.91. The molecule has 1 aliphatic heterocycles. The maximum atomic E-state index is 12.6. The van der Waals surface area contributed by atoms with Gasteiger partial charge in [0.05, 0.1) is 12.0 Å². The van der Waals surface area contributed by atoms with Crippen LogP contribution in [0.15, 0.2) is 0 Å². The lowest BCUT2D eigenvalue weighted by Crippen LogP contribution is -2.52. The number of nitrogens with zero attached hydrogens (tertiary/aromatic N) is 1. The molecule has 3 N–H and O–H groups in total. The number of carbonyl (C=O) groups excluding carboxylic acids is 2. The average molecular weight is 271 g/mol. The summed E-state index contributed by atoms with van der Waals surface area (Å²) in [5.41, 5.74) is 5.26. The van der Waals surface area contributed by atoms with Crippen molar-refractivity contribution < 1.29 is 14.3 Å². The lowest BCUT2D eigenvalue weighted by atomic mass is 9.79. The minimum absolute atomic E-state index is 0.0212. The number of rotatable bonds is 6. The van der Waals surface area contributed by atoms with E-state index in [4.69, 9.17) is 10.5 Å². The molecule has 0 spiro atoms. The average Bonchev–Trinajstić information content (AvgIpc) is 2.45. The van der Waals surface area contributed by atoms with Crippen LogP contribution in [0.4, 0.5) is 0 Å². The Morgan fingerprint density at radius 2 is 1.95 bits per heavy atom. The fourth-order valence-electron chi connectivity index (χ4n) is 2.36. The van der Waals surface area contributed by atoms with Gasteiger partial charge in [0.15, 0.2) is 0 Å². The van der Waals surface area contributed by atoms with E-state index >= 15 is 0 Å². The molecule has 1 aliphatic rings.